The van der Waals surface area contributed by atoms with Crippen molar-refractivity contribution in [3.05, 3.63) is 53.9 Å². The first kappa shape index (κ1) is 14.5. The summed E-state index contributed by atoms with van der Waals surface area (Å²) in [5.74, 6) is 0.874. The number of hydrogen-bond acceptors (Lipinski definition) is 4. The number of aliphatic hydroxyl groups is 1. The standard InChI is InChI=1S/C17H19N3O2/c1-2-16-15(12-21)18-19-20(16)10-11-22-17-9-5-7-13-6-3-4-8-14(13)17/h3-9,21H,2,10-12H2,1H3. The van der Waals surface area contributed by atoms with Crippen molar-refractivity contribution in [1.82, 2.24) is 15.0 Å². The molecule has 0 unspecified atom stereocenters. The summed E-state index contributed by atoms with van der Waals surface area (Å²) >= 11 is 0. The molecule has 0 amide bonds. The molecule has 5 heteroatoms. The van der Waals surface area contributed by atoms with Crippen molar-refractivity contribution < 1.29 is 9.84 Å². The van der Waals surface area contributed by atoms with Gasteiger partial charge in [0, 0.05) is 5.39 Å². The van der Waals surface area contributed by atoms with E-state index in [2.05, 4.69) is 28.5 Å². The van der Waals surface area contributed by atoms with Crippen LogP contribution in [0.1, 0.15) is 18.3 Å². The van der Waals surface area contributed by atoms with E-state index in [1.54, 1.807) is 4.68 Å². The van der Waals surface area contributed by atoms with Gasteiger partial charge < -0.3 is 9.84 Å². The third kappa shape index (κ3) is 2.80. The molecule has 22 heavy (non-hydrogen) atoms. The molecule has 0 saturated heterocycles. The van der Waals surface area contributed by atoms with Gasteiger partial charge >= 0.3 is 0 Å². The Hall–Kier alpha value is -2.40. The third-order valence-corrected chi connectivity index (χ3v) is 3.71. The molecule has 0 radical (unpaired) electrons. The molecule has 0 aliphatic carbocycles. The van der Waals surface area contributed by atoms with Crippen molar-refractivity contribution in [3.8, 4) is 5.75 Å². The van der Waals surface area contributed by atoms with Crippen LogP contribution >= 0.6 is 0 Å². The minimum atomic E-state index is -0.0760. The Kier molecular flexibility index (Phi) is 4.34. The maximum Gasteiger partial charge on any atom is 0.127 e. The topological polar surface area (TPSA) is 60.2 Å². The van der Waals surface area contributed by atoms with E-state index in [0.717, 1.165) is 28.6 Å². The van der Waals surface area contributed by atoms with Gasteiger partial charge in [0.25, 0.3) is 0 Å². The number of ether oxygens (including phenoxy) is 1. The summed E-state index contributed by atoms with van der Waals surface area (Å²) in [5, 5.41) is 19.6. The zero-order valence-electron chi connectivity index (χ0n) is 12.6. The van der Waals surface area contributed by atoms with E-state index in [1.807, 2.05) is 31.2 Å². The highest BCUT2D eigenvalue weighted by Gasteiger charge is 2.10. The van der Waals surface area contributed by atoms with Crippen molar-refractivity contribution in [2.24, 2.45) is 0 Å². The molecular weight excluding hydrogens is 278 g/mol. The van der Waals surface area contributed by atoms with Gasteiger partial charge in [0.2, 0.25) is 0 Å². The van der Waals surface area contributed by atoms with Crippen LogP contribution in [0.5, 0.6) is 5.75 Å². The molecular formula is C17H19N3O2. The highest BCUT2D eigenvalue weighted by Crippen LogP contribution is 2.25. The number of aliphatic hydroxyl groups excluding tert-OH is 1. The van der Waals surface area contributed by atoms with Gasteiger partial charge in [-0.05, 0) is 17.9 Å². The summed E-state index contributed by atoms with van der Waals surface area (Å²) in [6.45, 7) is 3.07. The number of rotatable bonds is 6. The van der Waals surface area contributed by atoms with E-state index >= 15 is 0 Å². The maximum absolute atomic E-state index is 9.24. The Morgan fingerprint density at radius 3 is 2.77 bits per heavy atom. The molecule has 0 atom stereocenters. The minimum Gasteiger partial charge on any atom is -0.491 e. The second kappa shape index (κ2) is 6.58. The van der Waals surface area contributed by atoms with Gasteiger partial charge in [-0.2, -0.15) is 0 Å². The third-order valence-electron chi connectivity index (χ3n) is 3.71. The van der Waals surface area contributed by atoms with Gasteiger partial charge in [-0.1, -0.05) is 48.5 Å². The lowest BCUT2D eigenvalue weighted by Gasteiger charge is -2.10. The smallest absolute Gasteiger partial charge is 0.127 e. The Bertz CT molecular complexity index is 762. The minimum absolute atomic E-state index is 0.0760. The zero-order chi connectivity index (χ0) is 15.4. The van der Waals surface area contributed by atoms with Gasteiger partial charge in [0.05, 0.1) is 18.8 Å². The predicted octanol–water partition coefficient (Wildman–Crippen LogP) is 2.57. The predicted molar refractivity (Wildman–Crippen MR) is 84.8 cm³/mol. The number of fused-ring (bicyclic) bond motifs is 1. The summed E-state index contributed by atoms with van der Waals surface area (Å²) in [4.78, 5) is 0. The molecule has 0 bridgehead atoms. The molecule has 1 heterocycles. The van der Waals surface area contributed by atoms with Crippen LogP contribution in [0.25, 0.3) is 10.8 Å². The Morgan fingerprint density at radius 1 is 1.14 bits per heavy atom. The van der Waals surface area contributed by atoms with Gasteiger partial charge in [-0.15, -0.1) is 5.10 Å². The van der Waals surface area contributed by atoms with Crippen LogP contribution in [0.15, 0.2) is 42.5 Å². The van der Waals surface area contributed by atoms with Crippen LogP contribution in [-0.4, -0.2) is 26.7 Å². The SMILES string of the molecule is CCc1c(CO)nnn1CCOc1cccc2ccccc12. The van der Waals surface area contributed by atoms with Gasteiger partial charge in [0.15, 0.2) is 0 Å². The lowest BCUT2D eigenvalue weighted by molar-refractivity contribution is 0.274. The Balaban J connectivity index is 1.71. The van der Waals surface area contributed by atoms with Crippen LogP contribution < -0.4 is 4.74 Å². The summed E-state index contributed by atoms with van der Waals surface area (Å²) < 4.78 is 7.72. The van der Waals surface area contributed by atoms with Crippen LogP contribution in [0, 0.1) is 0 Å². The molecule has 3 rings (SSSR count). The quantitative estimate of drug-likeness (QED) is 0.759. The summed E-state index contributed by atoms with van der Waals surface area (Å²) in [5.41, 5.74) is 1.61. The molecule has 114 valence electrons. The summed E-state index contributed by atoms with van der Waals surface area (Å²) in [7, 11) is 0. The molecule has 0 aliphatic heterocycles. The molecule has 0 spiro atoms. The van der Waals surface area contributed by atoms with Gasteiger partial charge in [0.1, 0.15) is 18.1 Å². The number of nitrogens with zero attached hydrogens (tertiary/aromatic N) is 3. The van der Waals surface area contributed by atoms with Crippen molar-refractivity contribution in [2.75, 3.05) is 6.61 Å². The molecule has 1 N–H and O–H groups in total. The van der Waals surface area contributed by atoms with E-state index < -0.39 is 0 Å². The molecule has 0 aliphatic rings. The fraction of sp³-hybridized carbons (Fsp3) is 0.294. The van der Waals surface area contributed by atoms with Crippen molar-refractivity contribution in [2.45, 2.75) is 26.5 Å². The van der Waals surface area contributed by atoms with E-state index in [1.165, 1.54) is 0 Å². The highest BCUT2D eigenvalue weighted by molar-refractivity contribution is 5.88. The lowest BCUT2D eigenvalue weighted by atomic mass is 10.1. The fourth-order valence-electron chi connectivity index (χ4n) is 2.62. The van der Waals surface area contributed by atoms with Crippen LogP contribution in [0.3, 0.4) is 0 Å². The first-order valence-electron chi connectivity index (χ1n) is 7.46. The summed E-state index contributed by atoms with van der Waals surface area (Å²) in [6.07, 6.45) is 0.789. The van der Waals surface area contributed by atoms with E-state index in [0.29, 0.717) is 18.8 Å². The molecule has 0 fully saturated rings. The molecule has 5 nitrogen and oxygen atoms in total. The number of hydrogen-bond donors (Lipinski definition) is 1. The maximum atomic E-state index is 9.24. The molecule has 1 aromatic heterocycles. The molecule has 3 aromatic rings. The van der Waals surface area contributed by atoms with E-state index in [4.69, 9.17) is 4.74 Å². The largest absolute Gasteiger partial charge is 0.491 e. The van der Waals surface area contributed by atoms with Crippen molar-refractivity contribution in [1.29, 1.82) is 0 Å². The van der Waals surface area contributed by atoms with Gasteiger partial charge in [-0.25, -0.2) is 4.68 Å². The normalized spacial score (nSPS) is 11.0. The number of benzene rings is 2. The fourth-order valence-corrected chi connectivity index (χ4v) is 2.62. The van der Waals surface area contributed by atoms with Crippen molar-refractivity contribution >= 4 is 10.8 Å². The Morgan fingerprint density at radius 2 is 1.95 bits per heavy atom. The molecule has 2 aromatic carbocycles. The number of aromatic nitrogens is 3. The van der Waals surface area contributed by atoms with Gasteiger partial charge in [-0.3, -0.25) is 0 Å². The van der Waals surface area contributed by atoms with Crippen LogP contribution in [0.2, 0.25) is 0 Å². The zero-order valence-corrected chi connectivity index (χ0v) is 12.6. The average Bonchev–Trinajstić information content (AvgIpc) is 2.97. The summed E-state index contributed by atoms with van der Waals surface area (Å²) in [6, 6.07) is 14.2. The van der Waals surface area contributed by atoms with E-state index in [-0.39, 0.29) is 6.61 Å². The van der Waals surface area contributed by atoms with Crippen LogP contribution in [0.4, 0.5) is 0 Å². The first-order chi connectivity index (χ1) is 10.8. The monoisotopic (exact) mass is 297 g/mol. The highest BCUT2D eigenvalue weighted by atomic mass is 16.5. The Labute approximate surface area is 129 Å². The average molecular weight is 297 g/mol. The van der Waals surface area contributed by atoms with E-state index in [9.17, 15) is 5.11 Å². The first-order valence-corrected chi connectivity index (χ1v) is 7.46. The van der Waals surface area contributed by atoms with Crippen molar-refractivity contribution in [3.63, 3.8) is 0 Å². The lowest BCUT2D eigenvalue weighted by Crippen LogP contribution is -2.12. The van der Waals surface area contributed by atoms with Crippen LogP contribution in [-0.2, 0) is 19.6 Å². The second-order valence-electron chi connectivity index (χ2n) is 5.04. The second-order valence-corrected chi connectivity index (χ2v) is 5.04. The molecule has 0 saturated carbocycles.